The summed E-state index contributed by atoms with van der Waals surface area (Å²) in [5.41, 5.74) is 8.31. The number of benzene rings is 3. The van der Waals surface area contributed by atoms with E-state index >= 15 is 0 Å². The Kier molecular flexibility index (Phi) is 8.91. The van der Waals surface area contributed by atoms with Crippen molar-refractivity contribution in [3.05, 3.63) is 94.1 Å². The molecule has 226 valence electrons. The van der Waals surface area contributed by atoms with Crippen LogP contribution in [0.4, 0.5) is 0 Å². The van der Waals surface area contributed by atoms with Crippen LogP contribution < -0.4 is 15.4 Å². The fourth-order valence-corrected chi connectivity index (χ4v) is 6.48. The second kappa shape index (κ2) is 13.0. The summed E-state index contributed by atoms with van der Waals surface area (Å²) in [5.74, 6) is 0.639. The summed E-state index contributed by atoms with van der Waals surface area (Å²) >= 11 is 14.2. The number of carbonyl (C=O) groups is 1. The molecule has 1 aliphatic rings. The Bertz CT molecular complexity index is 1830. The maximum absolute atomic E-state index is 11.5. The number of ether oxygens (including phenoxy) is 1. The van der Waals surface area contributed by atoms with Crippen LogP contribution in [-0.4, -0.2) is 54.6 Å². The van der Waals surface area contributed by atoms with E-state index in [1.54, 1.807) is 7.11 Å². The van der Waals surface area contributed by atoms with Gasteiger partial charge in [-0.2, -0.15) is 0 Å². The maximum Gasteiger partial charge on any atom is 0.220 e. The van der Waals surface area contributed by atoms with Gasteiger partial charge in [0.1, 0.15) is 0 Å². The van der Waals surface area contributed by atoms with Crippen molar-refractivity contribution in [3.63, 3.8) is 0 Å². The lowest BCUT2D eigenvalue weighted by Crippen LogP contribution is -2.35. The predicted octanol–water partition coefficient (Wildman–Crippen LogP) is 7.31. The number of rotatable bonds is 10. The lowest BCUT2D eigenvalue weighted by Gasteiger charge is -2.16. The van der Waals surface area contributed by atoms with Gasteiger partial charge in [0.25, 0.3) is 0 Å². The number of pyridine rings is 1. The number of nitrogens with one attached hydrogen (secondary N) is 3. The van der Waals surface area contributed by atoms with Crippen LogP contribution in [0.15, 0.2) is 72.8 Å². The second-order valence-corrected chi connectivity index (χ2v) is 12.2. The van der Waals surface area contributed by atoms with E-state index in [2.05, 4.69) is 58.9 Å². The van der Waals surface area contributed by atoms with E-state index in [0.29, 0.717) is 41.1 Å². The van der Waals surface area contributed by atoms with Crippen molar-refractivity contribution < 1.29 is 9.53 Å². The minimum atomic E-state index is 0.111. The molecule has 0 saturated carbocycles. The Labute approximate surface area is 267 Å². The minimum Gasteiger partial charge on any atom is -0.481 e. The Morgan fingerprint density at radius 3 is 2.39 bits per heavy atom. The minimum absolute atomic E-state index is 0.111. The summed E-state index contributed by atoms with van der Waals surface area (Å²) in [6.07, 6.45) is 1.43. The zero-order valence-corrected chi connectivity index (χ0v) is 26.5. The van der Waals surface area contributed by atoms with Gasteiger partial charge in [0.05, 0.1) is 22.8 Å². The molecule has 0 spiro atoms. The molecule has 1 atom stereocenters. The molecule has 3 aromatic carbocycles. The van der Waals surface area contributed by atoms with E-state index < -0.39 is 0 Å². The van der Waals surface area contributed by atoms with Crippen LogP contribution in [-0.2, 0) is 17.9 Å². The number of amides is 1. The summed E-state index contributed by atoms with van der Waals surface area (Å²) < 4.78 is 5.65. The monoisotopic (exact) mass is 627 g/mol. The first-order valence-corrected chi connectivity index (χ1v) is 15.4. The van der Waals surface area contributed by atoms with Crippen LogP contribution >= 0.6 is 23.2 Å². The van der Waals surface area contributed by atoms with E-state index in [1.165, 1.54) is 11.1 Å². The van der Waals surface area contributed by atoms with Crippen LogP contribution in [0.5, 0.6) is 5.88 Å². The van der Waals surface area contributed by atoms with Crippen LogP contribution in [0.3, 0.4) is 0 Å². The number of aromatic amines is 1. The van der Waals surface area contributed by atoms with Gasteiger partial charge in [-0.1, -0.05) is 77.8 Å². The van der Waals surface area contributed by atoms with Crippen molar-refractivity contribution >= 4 is 40.0 Å². The molecule has 1 fully saturated rings. The number of halogens is 2. The highest BCUT2D eigenvalue weighted by Gasteiger charge is 2.21. The number of hydrogen-bond donors (Lipinski definition) is 3. The number of aromatic nitrogens is 2. The van der Waals surface area contributed by atoms with Gasteiger partial charge in [-0.3, -0.25) is 4.79 Å². The second-order valence-electron chi connectivity index (χ2n) is 11.5. The molecule has 1 amide bonds. The van der Waals surface area contributed by atoms with Crippen molar-refractivity contribution in [1.82, 2.24) is 25.5 Å². The number of nitrogens with zero attached hydrogens (tertiary/aromatic N) is 2. The highest BCUT2D eigenvalue weighted by atomic mass is 35.5. The predicted molar refractivity (Wildman–Crippen MR) is 179 cm³/mol. The average molecular weight is 629 g/mol. The van der Waals surface area contributed by atoms with Gasteiger partial charge < -0.3 is 25.3 Å². The Morgan fingerprint density at radius 2 is 1.68 bits per heavy atom. The van der Waals surface area contributed by atoms with E-state index in [-0.39, 0.29) is 11.9 Å². The van der Waals surface area contributed by atoms with Crippen molar-refractivity contribution in [2.45, 2.75) is 32.0 Å². The first kappa shape index (κ1) is 30.2. The van der Waals surface area contributed by atoms with Crippen molar-refractivity contribution in [2.24, 2.45) is 0 Å². The Hall–Kier alpha value is -3.88. The van der Waals surface area contributed by atoms with Gasteiger partial charge in [-0.25, -0.2) is 4.98 Å². The number of methoxy groups -OCH3 is 1. The third-order valence-corrected chi connectivity index (χ3v) is 8.78. The van der Waals surface area contributed by atoms with Gasteiger partial charge in [-0.15, -0.1) is 0 Å². The topological polar surface area (TPSA) is 82.3 Å². The molecule has 9 heteroatoms. The van der Waals surface area contributed by atoms with Crippen LogP contribution in [0.25, 0.3) is 44.4 Å². The normalized spacial score (nSPS) is 14.9. The molecule has 3 N–H and O–H groups in total. The molecule has 5 aromatic rings. The lowest BCUT2D eigenvalue weighted by atomic mass is 9.96. The molecule has 44 heavy (non-hydrogen) atoms. The Morgan fingerprint density at radius 1 is 0.955 bits per heavy atom. The summed E-state index contributed by atoms with van der Waals surface area (Å²) in [6, 6.07) is 24.6. The standard InChI is InChI=1S/C35H35Cl2N5O2/c1-42(2)20-25-16-22-11-10-21(17-31(22)39-25)26-6-4-7-27(33(26)36)28-8-5-9-29(34(28)37)30-14-12-23(35(41-30)44-3)18-38-19-24-13-15-32(43)40-24/h4-12,14,16-17,24,38-39H,13,15,18-20H2,1-3H3,(H,40,43)/t24-/m0/s1. The van der Waals surface area contributed by atoms with Crippen molar-refractivity contribution in [2.75, 3.05) is 27.7 Å². The van der Waals surface area contributed by atoms with Crippen molar-refractivity contribution in [1.29, 1.82) is 0 Å². The molecule has 7 nitrogen and oxygen atoms in total. The van der Waals surface area contributed by atoms with Gasteiger partial charge in [0, 0.05) is 71.1 Å². The molecule has 0 bridgehead atoms. The zero-order chi connectivity index (χ0) is 30.8. The summed E-state index contributed by atoms with van der Waals surface area (Å²) in [4.78, 5) is 22.0. The molecule has 1 aliphatic heterocycles. The Balaban J connectivity index is 1.27. The SMILES string of the molecule is COc1nc(-c2cccc(-c3cccc(-c4ccc5cc(CN(C)C)[nH]c5c4)c3Cl)c2Cl)ccc1CNC[C@@H]1CCC(=O)N1. The van der Waals surface area contributed by atoms with E-state index in [9.17, 15) is 4.79 Å². The molecular weight excluding hydrogens is 593 g/mol. The summed E-state index contributed by atoms with van der Waals surface area (Å²) in [6.45, 7) is 2.11. The van der Waals surface area contributed by atoms with E-state index in [0.717, 1.165) is 51.9 Å². The smallest absolute Gasteiger partial charge is 0.220 e. The highest BCUT2D eigenvalue weighted by molar-refractivity contribution is 6.39. The van der Waals surface area contributed by atoms with E-state index in [4.69, 9.17) is 32.9 Å². The van der Waals surface area contributed by atoms with Crippen LogP contribution in [0, 0.1) is 0 Å². The fourth-order valence-electron chi connectivity index (χ4n) is 5.82. The van der Waals surface area contributed by atoms with Crippen LogP contribution in [0.2, 0.25) is 10.0 Å². The summed E-state index contributed by atoms with van der Waals surface area (Å²) in [5, 5.41) is 8.75. The van der Waals surface area contributed by atoms with Crippen molar-refractivity contribution in [3.8, 4) is 39.4 Å². The average Bonchev–Trinajstić information content (AvgIpc) is 3.61. The molecule has 0 radical (unpaired) electrons. The highest BCUT2D eigenvalue weighted by Crippen LogP contribution is 2.42. The molecule has 0 aliphatic carbocycles. The van der Waals surface area contributed by atoms with Gasteiger partial charge in [0.2, 0.25) is 11.8 Å². The molecule has 6 rings (SSSR count). The van der Waals surface area contributed by atoms with Gasteiger partial charge in [0.15, 0.2) is 0 Å². The molecule has 1 saturated heterocycles. The molecule has 0 unspecified atom stereocenters. The third kappa shape index (κ3) is 6.33. The largest absolute Gasteiger partial charge is 0.481 e. The number of carbonyl (C=O) groups excluding carboxylic acids is 1. The third-order valence-electron chi connectivity index (χ3n) is 7.96. The first-order valence-electron chi connectivity index (χ1n) is 14.7. The number of H-pyrrole nitrogens is 1. The van der Waals surface area contributed by atoms with Gasteiger partial charge in [-0.05, 0) is 49.7 Å². The first-order chi connectivity index (χ1) is 21.3. The summed E-state index contributed by atoms with van der Waals surface area (Å²) in [7, 11) is 5.73. The lowest BCUT2D eigenvalue weighted by molar-refractivity contribution is -0.119. The number of fused-ring (bicyclic) bond motifs is 1. The quantitative estimate of drug-likeness (QED) is 0.151. The fraction of sp³-hybridized carbons (Fsp3) is 0.257. The zero-order valence-electron chi connectivity index (χ0n) is 25.0. The molecule has 3 heterocycles. The number of hydrogen-bond acceptors (Lipinski definition) is 5. The van der Waals surface area contributed by atoms with E-state index in [1.807, 2.05) is 48.5 Å². The van der Waals surface area contributed by atoms with Crippen LogP contribution in [0.1, 0.15) is 24.1 Å². The molecular formula is C35H35Cl2N5O2. The molecule has 2 aromatic heterocycles. The van der Waals surface area contributed by atoms with Gasteiger partial charge >= 0.3 is 0 Å². The maximum atomic E-state index is 11.5.